The Morgan fingerprint density at radius 1 is 0.907 bits per heavy atom. The monoisotopic (exact) mass is 798 g/mol. The molecule has 3 rings (SSSR count). The lowest BCUT2D eigenvalue weighted by molar-refractivity contribution is -0.148. The molecule has 0 aromatic heterocycles. The third-order valence-corrected chi connectivity index (χ3v) is 10.3. The van der Waals surface area contributed by atoms with Crippen LogP contribution in [-0.4, -0.2) is 93.9 Å². The van der Waals surface area contributed by atoms with E-state index in [0.717, 1.165) is 10.4 Å². The second-order valence-corrected chi connectivity index (χ2v) is 17.6. The zero-order valence-corrected chi connectivity index (χ0v) is 33.4. The standard InChI is InChI=1S/C35H50N4O13S2/c1-9-47-30(40)29-16-10-11-17-38(29)53(43,44)27-14-12-15-28(23-27)54(45,46)52-26-21-24(2)20-25(22-26)48-18-13-19-49-39(33(42)51-35(6,7)8)31(36)37-32(41)50-34(3,4)5/h12,14-15,20-23,29H,9-11,13,16-19H2,1-8H3,(H2,36,37,41). The van der Waals surface area contributed by atoms with Gasteiger partial charge in [0.25, 0.3) is 0 Å². The molecule has 0 bridgehead atoms. The number of rotatable bonds is 13. The van der Waals surface area contributed by atoms with Crippen LogP contribution in [0.3, 0.4) is 0 Å². The van der Waals surface area contributed by atoms with Gasteiger partial charge in [-0.15, -0.1) is 5.06 Å². The number of carbonyl (C=O) groups is 3. The Labute approximate surface area is 316 Å². The number of alkyl carbamates (subject to hydrolysis) is 1. The molecule has 1 aliphatic rings. The summed E-state index contributed by atoms with van der Waals surface area (Å²) in [6.45, 7) is 13.1. The van der Waals surface area contributed by atoms with Gasteiger partial charge in [0.05, 0.1) is 24.7 Å². The van der Waals surface area contributed by atoms with Crippen molar-refractivity contribution in [2.75, 3.05) is 26.4 Å². The summed E-state index contributed by atoms with van der Waals surface area (Å²) in [6, 6.07) is 8.10. The summed E-state index contributed by atoms with van der Waals surface area (Å²) in [5, 5.41) is 10.8. The fraction of sp³-hybridized carbons (Fsp3) is 0.543. The molecule has 2 aromatic rings. The Bertz CT molecular complexity index is 1890. The van der Waals surface area contributed by atoms with E-state index in [4.69, 9.17) is 33.4 Å². The Hall–Kier alpha value is -4.46. The number of hydrogen-bond donors (Lipinski definition) is 2. The summed E-state index contributed by atoms with van der Waals surface area (Å²) in [4.78, 5) is 42.2. The summed E-state index contributed by atoms with van der Waals surface area (Å²) in [5.74, 6) is -1.27. The lowest BCUT2D eigenvalue weighted by Gasteiger charge is -2.33. The molecule has 2 amide bonds. The smallest absolute Gasteiger partial charge is 0.442 e. The van der Waals surface area contributed by atoms with Crippen LogP contribution in [0.5, 0.6) is 11.5 Å². The van der Waals surface area contributed by atoms with E-state index in [1.807, 2.05) is 0 Å². The first-order chi connectivity index (χ1) is 25.0. The highest BCUT2D eigenvalue weighted by Crippen LogP contribution is 2.30. The van der Waals surface area contributed by atoms with Crippen molar-refractivity contribution in [1.29, 1.82) is 5.41 Å². The third-order valence-electron chi connectivity index (χ3n) is 7.10. The summed E-state index contributed by atoms with van der Waals surface area (Å²) < 4.78 is 81.7. The van der Waals surface area contributed by atoms with E-state index < -0.39 is 66.4 Å². The Morgan fingerprint density at radius 2 is 1.56 bits per heavy atom. The summed E-state index contributed by atoms with van der Waals surface area (Å²) in [6.07, 6.45) is -0.415. The predicted molar refractivity (Wildman–Crippen MR) is 195 cm³/mol. The first-order valence-electron chi connectivity index (χ1n) is 17.2. The zero-order valence-electron chi connectivity index (χ0n) is 31.8. The van der Waals surface area contributed by atoms with E-state index in [-0.39, 0.29) is 55.6 Å². The van der Waals surface area contributed by atoms with Crippen LogP contribution in [0, 0.1) is 12.3 Å². The van der Waals surface area contributed by atoms with Crippen LogP contribution in [0.1, 0.15) is 79.7 Å². The van der Waals surface area contributed by atoms with E-state index >= 15 is 0 Å². The number of carbonyl (C=O) groups excluding carboxylic acids is 3. The zero-order chi connectivity index (χ0) is 40.5. The lowest BCUT2D eigenvalue weighted by atomic mass is 10.1. The number of sulfonamides is 1. The van der Waals surface area contributed by atoms with Crippen LogP contribution in [-0.2, 0) is 44.0 Å². The molecular weight excluding hydrogens is 749 g/mol. The Morgan fingerprint density at radius 3 is 2.20 bits per heavy atom. The average Bonchev–Trinajstić information content (AvgIpc) is 3.04. The number of ether oxygens (including phenoxy) is 4. The first-order valence-corrected chi connectivity index (χ1v) is 20.1. The van der Waals surface area contributed by atoms with Crippen molar-refractivity contribution in [3.8, 4) is 11.5 Å². The number of esters is 1. The number of benzene rings is 2. The van der Waals surface area contributed by atoms with Crippen LogP contribution < -0.4 is 14.2 Å². The van der Waals surface area contributed by atoms with E-state index in [0.29, 0.717) is 23.5 Å². The van der Waals surface area contributed by atoms with Gasteiger partial charge in [0.2, 0.25) is 16.0 Å². The van der Waals surface area contributed by atoms with E-state index in [1.54, 1.807) is 61.5 Å². The molecule has 300 valence electrons. The molecule has 1 saturated heterocycles. The van der Waals surface area contributed by atoms with Crippen molar-refractivity contribution in [2.24, 2.45) is 0 Å². The maximum absolute atomic E-state index is 13.6. The number of piperidine rings is 1. The van der Waals surface area contributed by atoms with Gasteiger partial charge in [-0.3, -0.25) is 20.4 Å². The second-order valence-electron chi connectivity index (χ2n) is 14.2. The SMILES string of the molecule is CCOC(=O)C1CCCCN1S(=O)(=O)c1cccc(S(=O)(=O)Oc2cc(C)cc(OCCCON(C(=N)NC(=O)OC(C)(C)C)C(=O)OC(C)(C)C)c2)c1. The number of nitrogens with one attached hydrogen (secondary N) is 2. The van der Waals surface area contributed by atoms with Crippen molar-refractivity contribution >= 4 is 44.3 Å². The molecule has 0 spiro atoms. The second kappa shape index (κ2) is 18.2. The van der Waals surface area contributed by atoms with Gasteiger partial charge < -0.3 is 23.1 Å². The molecule has 0 aliphatic carbocycles. The van der Waals surface area contributed by atoms with Gasteiger partial charge in [-0.1, -0.05) is 6.07 Å². The summed E-state index contributed by atoms with van der Waals surface area (Å²) >= 11 is 0. The fourth-order valence-corrected chi connectivity index (χ4v) is 7.71. The quantitative estimate of drug-likeness (QED) is 0.0503. The number of hydrogen-bond acceptors (Lipinski definition) is 14. The van der Waals surface area contributed by atoms with Gasteiger partial charge in [0.1, 0.15) is 33.6 Å². The van der Waals surface area contributed by atoms with Gasteiger partial charge in [-0.25, -0.2) is 18.0 Å². The van der Waals surface area contributed by atoms with E-state index in [1.165, 1.54) is 30.3 Å². The topological polar surface area (TPSA) is 217 Å². The number of hydroxylamine groups is 2. The molecule has 1 aliphatic heterocycles. The van der Waals surface area contributed by atoms with Crippen LogP contribution in [0.25, 0.3) is 0 Å². The van der Waals surface area contributed by atoms with Crippen LogP contribution >= 0.6 is 0 Å². The molecule has 2 aromatic carbocycles. The van der Waals surface area contributed by atoms with Gasteiger partial charge in [0, 0.05) is 19.0 Å². The molecule has 1 atom stereocenters. The first kappa shape index (κ1) is 43.9. The molecular formula is C35H50N4O13S2. The van der Waals surface area contributed by atoms with Crippen molar-refractivity contribution in [3.05, 3.63) is 48.0 Å². The molecule has 19 heteroatoms. The molecule has 1 unspecified atom stereocenters. The minimum absolute atomic E-state index is 0.00777. The van der Waals surface area contributed by atoms with Crippen molar-refractivity contribution in [2.45, 2.75) is 108 Å². The van der Waals surface area contributed by atoms with Gasteiger partial charge >= 0.3 is 28.3 Å². The molecule has 17 nitrogen and oxygen atoms in total. The maximum Gasteiger partial charge on any atom is 0.442 e. The highest BCUT2D eigenvalue weighted by Gasteiger charge is 2.39. The van der Waals surface area contributed by atoms with Crippen LogP contribution in [0.2, 0.25) is 0 Å². The largest absolute Gasteiger partial charge is 0.493 e. The predicted octanol–water partition coefficient (Wildman–Crippen LogP) is 5.27. The van der Waals surface area contributed by atoms with Gasteiger partial charge in [0.15, 0.2) is 0 Å². The van der Waals surface area contributed by atoms with Crippen molar-refractivity contribution in [3.63, 3.8) is 0 Å². The average molecular weight is 799 g/mol. The maximum atomic E-state index is 13.6. The third kappa shape index (κ3) is 13.1. The number of nitrogens with zero attached hydrogens (tertiary/aromatic N) is 2. The highest BCUT2D eigenvalue weighted by atomic mass is 32.2. The molecule has 0 saturated carbocycles. The Kier molecular flexibility index (Phi) is 14.8. The lowest BCUT2D eigenvalue weighted by Crippen LogP contribution is -2.49. The van der Waals surface area contributed by atoms with Crippen LogP contribution in [0.4, 0.5) is 9.59 Å². The number of aryl methyl sites for hydroxylation is 1. The van der Waals surface area contributed by atoms with E-state index in [2.05, 4.69) is 5.32 Å². The minimum Gasteiger partial charge on any atom is -0.493 e. The normalized spacial score (nSPS) is 15.4. The molecule has 2 N–H and O–H groups in total. The molecule has 0 radical (unpaired) electrons. The minimum atomic E-state index is -4.54. The number of amides is 2. The van der Waals surface area contributed by atoms with Crippen LogP contribution in [0.15, 0.2) is 52.3 Å². The highest BCUT2D eigenvalue weighted by molar-refractivity contribution is 7.89. The number of guanidine groups is 1. The Balaban J connectivity index is 1.68. The molecule has 1 heterocycles. The van der Waals surface area contributed by atoms with Gasteiger partial charge in [-0.2, -0.15) is 12.7 Å². The van der Waals surface area contributed by atoms with Crippen molar-refractivity contribution in [1.82, 2.24) is 14.7 Å². The molecule has 1 fully saturated rings. The summed E-state index contributed by atoms with van der Waals surface area (Å²) in [5.41, 5.74) is -1.21. The van der Waals surface area contributed by atoms with Crippen molar-refractivity contribution < 1.29 is 59.2 Å². The summed E-state index contributed by atoms with van der Waals surface area (Å²) in [7, 11) is -8.82. The van der Waals surface area contributed by atoms with Gasteiger partial charge in [-0.05, 0) is 111 Å². The fourth-order valence-electron chi connectivity index (χ4n) is 4.98. The molecule has 54 heavy (non-hydrogen) atoms. The van der Waals surface area contributed by atoms with E-state index in [9.17, 15) is 31.2 Å².